The summed E-state index contributed by atoms with van der Waals surface area (Å²) < 4.78 is 26.2. The first-order valence-electron chi connectivity index (χ1n) is 5.82. The third kappa shape index (κ3) is 4.91. The van der Waals surface area contributed by atoms with E-state index in [9.17, 15) is 8.42 Å². The van der Waals surface area contributed by atoms with Crippen LogP contribution in [0.1, 0.15) is 32.8 Å². The van der Waals surface area contributed by atoms with Crippen LogP contribution < -0.4 is 10.5 Å². The van der Waals surface area contributed by atoms with E-state index in [4.69, 9.17) is 5.73 Å². The van der Waals surface area contributed by atoms with Crippen molar-refractivity contribution in [2.45, 2.75) is 34.1 Å². The topological polar surface area (TPSA) is 85.1 Å². The maximum absolute atomic E-state index is 11.9. The van der Waals surface area contributed by atoms with Crippen LogP contribution in [0.5, 0.6) is 0 Å². The SMILES string of the molecule is Cc1cc(NS(=O)(=O)CCC(C)(C)C)ncc1N. The van der Waals surface area contributed by atoms with Crippen LogP contribution in [0.15, 0.2) is 12.3 Å². The number of nitrogens with two attached hydrogens (primary N) is 1. The van der Waals surface area contributed by atoms with Gasteiger partial charge in [0, 0.05) is 0 Å². The summed E-state index contributed by atoms with van der Waals surface area (Å²) in [6, 6.07) is 1.63. The number of anilines is 2. The number of nitrogen functional groups attached to an aromatic ring is 1. The second-order valence-corrected chi connectivity index (χ2v) is 7.50. The lowest BCUT2D eigenvalue weighted by Gasteiger charge is -2.18. The molecule has 0 atom stereocenters. The van der Waals surface area contributed by atoms with Crippen LogP contribution >= 0.6 is 0 Å². The molecule has 1 rings (SSSR count). The minimum atomic E-state index is -3.35. The number of pyridine rings is 1. The van der Waals surface area contributed by atoms with E-state index in [1.807, 2.05) is 27.7 Å². The molecule has 0 fully saturated rings. The molecule has 0 aliphatic heterocycles. The Kier molecular flexibility index (Phi) is 4.21. The smallest absolute Gasteiger partial charge is 0.233 e. The summed E-state index contributed by atoms with van der Waals surface area (Å²) in [5, 5.41) is 0. The van der Waals surface area contributed by atoms with Crippen molar-refractivity contribution in [3.05, 3.63) is 17.8 Å². The van der Waals surface area contributed by atoms with Gasteiger partial charge in [-0.3, -0.25) is 4.72 Å². The van der Waals surface area contributed by atoms with Crippen molar-refractivity contribution in [1.29, 1.82) is 0 Å². The molecule has 1 aromatic heterocycles. The number of hydrogen-bond acceptors (Lipinski definition) is 4. The number of sulfonamides is 1. The zero-order chi connectivity index (χ0) is 14.0. The summed E-state index contributed by atoms with van der Waals surface area (Å²) in [6.45, 7) is 7.83. The van der Waals surface area contributed by atoms with Crippen LogP contribution in [0.4, 0.5) is 11.5 Å². The molecule has 0 unspecified atom stereocenters. The second kappa shape index (κ2) is 5.14. The Morgan fingerprint density at radius 2 is 2.00 bits per heavy atom. The maximum atomic E-state index is 11.9. The molecule has 0 radical (unpaired) electrons. The van der Waals surface area contributed by atoms with Crippen LogP contribution in [0.25, 0.3) is 0 Å². The first-order chi connectivity index (χ1) is 8.09. The monoisotopic (exact) mass is 271 g/mol. The van der Waals surface area contributed by atoms with Gasteiger partial charge in [-0.25, -0.2) is 13.4 Å². The molecule has 0 aliphatic carbocycles. The predicted molar refractivity (Wildman–Crippen MR) is 74.9 cm³/mol. The fourth-order valence-electron chi connectivity index (χ4n) is 1.27. The zero-order valence-corrected chi connectivity index (χ0v) is 12.1. The normalized spacial score (nSPS) is 12.4. The molecule has 0 amide bonds. The van der Waals surface area contributed by atoms with E-state index in [0.29, 0.717) is 17.9 Å². The second-order valence-electron chi connectivity index (χ2n) is 5.66. The molecule has 0 aromatic carbocycles. The van der Waals surface area contributed by atoms with Gasteiger partial charge in [-0.15, -0.1) is 0 Å². The first-order valence-corrected chi connectivity index (χ1v) is 7.47. The Bertz CT molecular complexity index is 519. The summed E-state index contributed by atoms with van der Waals surface area (Å²) >= 11 is 0. The molecule has 6 heteroatoms. The number of rotatable bonds is 4. The lowest BCUT2D eigenvalue weighted by molar-refractivity contribution is 0.397. The van der Waals surface area contributed by atoms with E-state index >= 15 is 0 Å². The summed E-state index contributed by atoms with van der Waals surface area (Å²) in [5.41, 5.74) is 6.97. The Balaban J connectivity index is 2.74. The van der Waals surface area contributed by atoms with Gasteiger partial charge in [-0.2, -0.15) is 0 Å². The number of aryl methyl sites for hydroxylation is 1. The van der Waals surface area contributed by atoms with E-state index < -0.39 is 10.0 Å². The molecule has 3 N–H and O–H groups in total. The Morgan fingerprint density at radius 1 is 1.39 bits per heavy atom. The summed E-state index contributed by atoms with van der Waals surface area (Å²) in [5.74, 6) is 0.400. The number of nitrogens with zero attached hydrogens (tertiary/aromatic N) is 1. The van der Waals surface area contributed by atoms with Crippen LogP contribution in [0, 0.1) is 12.3 Å². The maximum Gasteiger partial charge on any atom is 0.233 e. The molecular formula is C12H21N3O2S. The summed E-state index contributed by atoms with van der Waals surface area (Å²) in [6.07, 6.45) is 2.05. The van der Waals surface area contributed by atoms with Crippen molar-refractivity contribution in [3.63, 3.8) is 0 Å². The van der Waals surface area contributed by atoms with Gasteiger partial charge in [-0.05, 0) is 30.4 Å². The van der Waals surface area contributed by atoms with E-state index in [-0.39, 0.29) is 11.2 Å². The minimum absolute atomic E-state index is 0.0147. The largest absolute Gasteiger partial charge is 0.397 e. The van der Waals surface area contributed by atoms with Crippen LogP contribution in [0.3, 0.4) is 0 Å². The van der Waals surface area contributed by atoms with Crippen molar-refractivity contribution < 1.29 is 8.42 Å². The van der Waals surface area contributed by atoms with Gasteiger partial charge in [0.1, 0.15) is 5.82 Å². The number of nitrogens with one attached hydrogen (secondary N) is 1. The molecule has 5 nitrogen and oxygen atoms in total. The molecule has 0 spiro atoms. The molecule has 102 valence electrons. The summed E-state index contributed by atoms with van der Waals surface area (Å²) in [7, 11) is -3.35. The third-order valence-electron chi connectivity index (χ3n) is 2.53. The third-order valence-corrected chi connectivity index (χ3v) is 3.79. The van der Waals surface area contributed by atoms with Gasteiger partial charge in [0.05, 0.1) is 17.6 Å². The predicted octanol–water partition coefficient (Wildman–Crippen LogP) is 2.15. The summed E-state index contributed by atoms with van der Waals surface area (Å²) in [4.78, 5) is 3.95. The van der Waals surface area contributed by atoms with Crippen LogP contribution in [0.2, 0.25) is 0 Å². The molecule has 0 saturated heterocycles. The van der Waals surface area contributed by atoms with Gasteiger partial charge >= 0.3 is 0 Å². The molecule has 18 heavy (non-hydrogen) atoms. The highest BCUT2D eigenvalue weighted by Gasteiger charge is 2.17. The molecule has 1 aromatic rings. The van der Waals surface area contributed by atoms with Gasteiger partial charge in [0.25, 0.3) is 0 Å². The quantitative estimate of drug-likeness (QED) is 0.878. The van der Waals surface area contributed by atoms with Gasteiger partial charge in [-0.1, -0.05) is 20.8 Å². The molecule has 0 aliphatic rings. The average molecular weight is 271 g/mol. The lowest BCUT2D eigenvalue weighted by Crippen LogP contribution is -2.21. The Morgan fingerprint density at radius 3 is 2.50 bits per heavy atom. The number of hydrogen-bond donors (Lipinski definition) is 2. The zero-order valence-electron chi connectivity index (χ0n) is 11.3. The molecule has 0 saturated carbocycles. The van der Waals surface area contributed by atoms with Gasteiger partial charge in [0.2, 0.25) is 10.0 Å². The van der Waals surface area contributed by atoms with E-state index in [1.165, 1.54) is 6.20 Å². The van der Waals surface area contributed by atoms with Crippen LogP contribution in [-0.2, 0) is 10.0 Å². The van der Waals surface area contributed by atoms with Gasteiger partial charge in [0.15, 0.2) is 0 Å². The Hall–Kier alpha value is -1.30. The average Bonchev–Trinajstić information content (AvgIpc) is 2.20. The highest BCUT2D eigenvalue weighted by Crippen LogP contribution is 2.20. The standard InChI is InChI=1S/C12H21N3O2S/c1-9-7-11(14-8-10(9)13)15-18(16,17)6-5-12(2,3)4/h7-8H,5-6,13H2,1-4H3,(H,14,15). The number of aromatic nitrogens is 1. The van der Waals surface area contributed by atoms with E-state index in [2.05, 4.69) is 9.71 Å². The molecule has 1 heterocycles. The van der Waals surface area contributed by atoms with Crippen molar-refractivity contribution >= 4 is 21.5 Å². The van der Waals surface area contributed by atoms with Crippen molar-refractivity contribution in [2.75, 3.05) is 16.2 Å². The molecular weight excluding hydrogens is 250 g/mol. The van der Waals surface area contributed by atoms with E-state index in [0.717, 1.165) is 5.56 Å². The molecule has 0 bridgehead atoms. The van der Waals surface area contributed by atoms with Crippen molar-refractivity contribution in [2.24, 2.45) is 5.41 Å². The fourth-order valence-corrected chi connectivity index (χ4v) is 2.69. The van der Waals surface area contributed by atoms with Gasteiger partial charge < -0.3 is 5.73 Å². The highest BCUT2D eigenvalue weighted by molar-refractivity contribution is 7.92. The fraction of sp³-hybridized carbons (Fsp3) is 0.583. The Labute approximate surface area is 109 Å². The highest BCUT2D eigenvalue weighted by atomic mass is 32.2. The minimum Gasteiger partial charge on any atom is -0.397 e. The first kappa shape index (κ1) is 14.8. The van der Waals surface area contributed by atoms with Crippen molar-refractivity contribution in [1.82, 2.24) is 4.98 Å². The lowest BCUT2D eigenvalue weighted by atomic mass is 9.94. The van der Waals surface area contributed by atoms with E-state index in [1.54, 1.807) is 6.07 Å². The van der Waals surface area contributed by atoms with Crippen LogP contribution in [-0.4, -0.2) is 19.2 Å². The van der Waals surface area contributed by atoms with Crippen molar-refractivity contribution in [3.8, 4) is 0 Å².